The molecule has 4 N–H and O–H groups in total. The van der Waals surface area contributed by atoms with Crippen LogP contribution in [-0.4, -0.2) is 27.2 Å². The van der Waals surface area contributed by atoms with Gasteiger partial charge in [0, 0.05) is 11.1 Å². The number of hydrogen-bond acceptors (Lipinski definition) is 5. The number of hydrogen-bond donors (Lipinski definition) is 3. The van der Waals surface area contributed by atoms with Gasteiger partial charge < -0.3 is 16.2 Å². The number of nitrogens with one attached hydrogen (secondary N) is 1. The standard InChI is InChI=1S/C13H18N4O/c1-3-13(2,7-18)17-12-10-5-4-9(14)6-11(10)15-8-16-12/h4-6,8,18H,3,7,14H2,1-2H3,(H,15,16,17). The molecular weight excluding hydrogens is 228 g/mol. The molecule has 0 amide bonds. The van der Waals surface area contributed by atoms with Crippen molar-refractivity contribution in [3.8, 4) is 0 Å². The summed E-state index contributed by atoms with van der Waals surface area (Å²) in [6.07, 6.45) is 2.29. The highest BCUT2D eigenvalue weighted by Crippen LogP contribution is 2.24. The topological polar surface area (TPSA) is 84.1 Å². The van der Waals surface area contributed by atoms with Gasteiger partial charge in [0.2, 0.25) is 0 Å². The lowest BCUT2D eigenvalue weighted by atomic mass is 10.00. The van der Waals surface area contributed by atoms with Gasteiger partial charge in [0.1, 0.15) is 12.1 Å². The minimum atomic E-state index is -0.386. The molecule has 0 radical (unpaired) electrons. The number of aromatic nitrogens is 2. The van der Waals surface area contributed by atoms with Crippen LogP contribution in [0.5, 0.6) is 0 Å². The molecule has 1 unspecified atom stereocenters. The van der Waals surface area contributed by atoms with Gasteiger partial charge in [-0.15, -0.1) is 0 Å². The van der Waals surface area contributed by atoms with Crippen LogP contribution in [0.25, 0.3) is 10.9 Å². The normalized spacial score (nSPS) is 14.4. The van der Waals surface area contributed by atoms with E-state index >= 15 is 0 Å². The van der Waals surface area contributed by atoms with E-state index in [0.717, 1.165) is 23.1 Å². The van der Waals surface area contributed by atoms with Crippen molar-refractivity contribution in [3.05, 3.63) is 24.5 Å². The summed E-state index contributed by atoms with van der Waals surface area (Å²) < 4.78 is 0. The zero-order valence-electron chi connectivity index (χ0n) is 10.6. The molecule has 0 spiro atoms. The van der Waals surface area contributed by atoms with E-state index < -0.39 is 0 Å². The summed E-state index contributed by atoms with van der Waals surface area (Å²) in [7, 11) is 0. The Bertz CT molecular complexity index is 552. The highest BCUT2D eigenvalue weighted by atomic mass is 16.3. The van der Waals surface area contributed by atoms with E-state index in [4.69, 9.17) is 5.73 Å². The number of benzene rings is 1. The van der Waals surface area contributed by atoms with Gasteiger partial charge in [0.05, 0.1) is 17.7 Å². The first kappa shape index (κ1) is 12.6. The SMILES string of the molecule is CCC(C)(CO)Nc1ncnc2cc(N)ccc12. The Morgan fingerprint density at radius 2 is 2.17 bits per heavy atom. The van der Waals surface area contributed by atoms with Crippen molar-refractivity contribution >= 4 is 22.4 Å². The van der Waals surface area contributed by atoms with Crippen LogP contribution in [0.15, 0.2) is 24.5 Å². The van der Waals surface area contributed by atoms with Gasteiger partial charge in [-0.3, -0.25) is 0 Å². The summed E-state index contributed by atoms with van der Waals surface area (Å²) in [6.45, 7) is 4.02. The molecule has 0 saturated heterocycles. The number of nitrogens with zero attached hydrogens (tertiary/aromatic N) is 2. The lowest BCUT2D eigenvalue weighted by molar-refractivity contribution is 0.218. The largest absolute Gasteiger partial charge is 0.399 e. The van der Waals surface area contributed by atoms with Crippen LogP contribution in [0.4, 0.5) is 11.5 Å². The Balaban J connectivity index is 2.45. The van der Waals surface area contributed by atoms with E-state index in [1.807, 2.05) is 32.0 Å². The van der Waals surface area contributed by atoms with Gasteiger partial charge in [-0.1, -0.05) is 6.92 Å². The van der Waals surface area contributed by atoms with Crippen molar-refractivity contribution in [3.63, 3.8) is 0 Å². The van der Waals surface area contributed by atoms with Gasteiger partial charge in [-0.05, 0) is 31.5 Å². The average molecular weight is 246 g/mol. The Morgan fingerprint density at radius 3 is 2.83 bits per heavy atom. The van der Waals surface area contributed by atoms with Crippen LogP contribution in [0.1, 0.15) is 20.3 Å². The van der Waals surface area contributed by atoms with Crippen LogP contribution < -0.4 is 11.1 Å². The maximum Gasteiger partial charge on any atom is 0.137 e. The third-order valence-electron chi connectivity index (χ3n) is 3.21. The lowest BCUT2D eigenvalue weighted by Crippen LogP contribution is -2.38. The molecule has 1 atom stereocenters. The number of nitrogen functional groups attached to an aromatic ring is 1. The molecule has 1 heterocycles. The zero-order chi connectivity index (χ0) is 13.2. The summed E-state index contributed by atoms with van der Waals surface area (Å²) in [5.74, 6) is 0.721. The molecule has 0 saturated carbocycles. The fourth-order valence-electron chi connectivity index (χ4n) is 1.70. The van der Waals surface area contributed by atoms with Gasteiger partial charge in [-0.2, -0.15) is 0 Å². The summed E-state index contributed by atoms with van der Waals surface area (Å²) >= 11 is 0. The van der Waals surface area contributed by atoms with E-state index in [1.54, 1.807) is 0 Å². The smallest absolute Gasteiger partial charge is 0.137 e. The molecule has 2 aromatic rings. The predicted octanol–water partition coefficient (Wildman–Crippen LogP) is 1.78. The second-order valence-electron chi connectivity index (χ2n) is 4.70. The molecule has 18 heavy (non-hydrogen) atoms. The molecule has 0 bridgehead atoms. The quantitative estimate of drug-likeness (QED) is 0.716. The summed E-state index contributed by atoms with van der Waals surface area (Å²) in [5.41, 5.74) is 6.82. The number of rotatable bonds is 4. The van der Waals surface area contributed by atoms with Crippen molar-refractivity contribution in [2.45, 2.75) is 25.8 Å². The second-order valence-corrected chi connectivity index (χ2v) is 4.70. The maximum absolute atomic E-state index is 9.44. The van der Waals surface area contributed by atoms with E-state index in [9.17, 15) is 5.11 Å². The predicted molar refractivity (Wildman–Crippen MR) is 73.4 cm³/mol. The summed E-state index contributed by atoms with van der Waals surface area (Å²) in [5, 5.41) is 13.6. The Labute approximate surface area is 106 Å². The molecule has 5 heteroatoms. The number of aliphatic hydroxyl groups is 1. The monoisotopic (exact) mass is 246 g/mol. The molecule has 5 nitrogen and oxygen atoms in total. The zero-order valence-corrected chi connectivity index (χ0v) is 10.6. The molecule has 0 aliphatic rings. The summed E-state index contributed by atoms with van der Waals surface area (Å²) in [4.78, 5) is 8.43. The Morgan fingerprint density at radius 1 is 1.39 bits per heavy atom. The summed E-state index contributed by atoms with van der Waals surface area (Å²) in [6, 6.07) is 5.52. The highest BCUT2D eigenvalue weighted by Gasteiger charge is 2.21. The molecule has 96 valence electrons. The number of anilines is 2. The molecule has 0 fully saturated rings. The third-order valence-corrected chi connectivity index (χ3v) is 3.21. The van der Waals surface area contributed by atoms with Gasteiger partial charge in [-0.25, -0.2) is 9.97 Å². The van der Waals surface area contributed by atoms with Gasteiger partial charge >= 0.3 is 0 Å². The van der Waals surface area contributed by atoms with E-state index in [2.05, 4.69) is 15.3 Å². The molecule has 0 aliphatic heterocycles. The van der Waals surface area contributed by atoms with Crippen molar-refractivity contribution in [2.75, 3.05) is 17.7 Å². The third kappa shape index (κ3) is 2.36. The van der Waals surface area contributed by atoms with Crippen molar-refractivity contribution in [1.82, 2.24) is 9.97 Å². The van der Waals surface area contributed by atoms with E-state index in [0.29, 0.717) is 5.69 Å². The van der Waals surface area contributed by atoms with Crippen LogP contribution in [-0.2, 0) is 0 Å². The maximum atomic E-state index is 9.44. The lowest BCUT2D eigenvalue weighted by Gasteiger charge is -2.28. The molecule has 1 aromatic carbocycles. The van der Waals surface area contributed by atoms with Gasteiger partial charge in [0.25, 0.3) is 0 Å². The van der Waals surface area contributed by atoms with E-state index in [-0.39, 0.29) is 12.1 Å². The second kappa shape index (κ2) is 4.78. The number of fused-ring (bicyclic) bond motifs is 1. The molecule has 1 aromatic heterocycles. The average Bonchev–Trinajstić information content (AvgIpc) is 2.38. The number of nitrogens with two attached hydrogens (primary N) is 1. The fourth-order valence-corrected chi connectivity index (χ4v) is 1.70. The Kier molecular flexibility index (Phi) is 3.34. The van der Waals surface area contributed by atoms with E-state index in [1.165, 1.54) is 6.33 Å². The molecule has 2 rings (SSSR count). The first-order valence-electron chi connectivity index (χ1n) is 5.97. The molecule has 0 aliphatic carbocycles. The van der Waals surface area contributed by atoms with Crippen LogP contribution >= 0.6 is 0 Å². The highest BCUT2D eigenvalue weighted by molar-refractivity contribution is 5.90. The van der Waals surface area contributed by atoms with Crippen LogP contribution in [0.2, 0.25) is 0 Å². The number of aliphatic hydroxyl groups excluding tert-OH is 1. The molecular formula is C13H18N4O. The Hall–Kier alpha value is -1.88. The minimum Gasteiger partial charge on any atom is -0.399 e. The van der Waals surface area contributed by atoms with Crippen LogP contribution in [0, 0.1) is 0 Å². The van der Waals surface area contributed by atoms with Crippen molar-refractivity contribution in [1.29, 1.82) is 0 Å². The fraction of sp³-hybridized carbons (Fsp3) is 0.385. The van der Waals surface area contributed by atoms with Crippen molar-refractivity contribution < 1.29 is 5.11 Å². The van der Waals surface area contributed by atoms with Gasteiger partial charge in [0.15, 0.2) is 0 Å². The first-order chi connectivity index (χ1) is 8.58. The van der Waals surface area contributed by atoms with Crippen molar-refractivity contribution in [2.24, 2.45) is 0 Å². The first-order valence-corrected chi connectivity index (χ1v) is 5.97. The minimum absolute atomic E-state index is 0.0456. The van der Waals surface area contributed by atoms with Crippen LogP contribution in [0.3, 0.4) is 0 Å².